The maximum absolute atomic E-state index is 12.4. The monoisotopic (exact) mass is 398 g/mol. The van der Waals surface area contributed by atoms with E-state index in [9.17, 15) is 14.4 Å². The van der Waals surface area contributed by atoms with Crippen molar-refractivity contribution < 1.29 is 14.4 Å². The van der Waals surface area contributed by atoms with E-state index in [1.807, 2.05) is 6.07 Å². The molecule has 0 aliphatic rings. The number of hydrogen-bond donors (Lipinski definition) is 2. The highest BCUT2D eigenvalue weighted by Gasteiger charge is 2.15. The average Bonchev–Trinajstić information content (AvgIpc) is 3.17. The highest BCUT2D eigenvalue weighted by atomic mass is 35.5. The fourth-order valence-corrected chi connectivity index (χ4v) is 3.33. The summed E-state index contributed by atoms with van der Waals surface area (Å²) in [6.45, 7) is 0.166. The van der Waals surface area contributed by atoms with Crippen LogP contribution in [0.25, 0.3) is 0 Å². The molecule has 0 spiro atoms. The smallest absolute Gasteiger partial charge is 0.313 e. The summed E-state index contributed by atoms with van der Waals surface area (Å²) in [6, 6.07) is 18.9. The molecule has 0 aliphatic carbocycles. The van der Waals surface area contributed by atoms with E-state index in [0.29, 0.717) is 21.2 Å². The summed E-state index contributed by atoms with van der Waals surface area (Å²) < 4.78 is 0. The second-order valence-electron chi connectivity index (χ2n) is 5.60. The largest absolute Gasteiger partial charge is 0.343 e. The Morgan fingerprint density at radius 2 is 1.56 bits per heavy atom. The maximum atomic E-state index is 12.4. The molecule has 0 radical (unpaired) electrons. The summed E-state index contributed by atoms with van der Waals surface area (Å²) in [5.41, 5.74) is 1.09. The molecular weight excluding hydrogens is 384 g/mol. The molecule has 0 bridgehead atoms. The van der Waals surface area contributed by atoms with Gasteiger partial charge in [0, 0.05) is 21.2 Å². The van der Waals surface area contributed by atoms with E-state index < -0.39 is 11.8 Å². The van der Waals surface area contributed by atoms with Crippen LogP contribution >= 0.6 is 22.9 Å². The van der Waals surface area contributed by atoms with Gasteiger partial charge in [-0.25, -0.2) is 0 Å². The number of amides is 2. The predicted molar refractivity (Wildman–Crippen MR) is 106 cm³/mol. The van der Waals surface area contributed by atoms with Crippen LogP contribution in [0.4, 0.5) is 5.69 Å². The molecule has 0 aliphatic heterocycles. The van der Waals surface area contributed by atoms with Crippen LogP contribution in [0, 0.1) is 0 Å². The van der Waals surface area contributed by atoms with Crippen molar-refractivity contribution in [2.24, 2.45) is 0 Å². The molecule has 1 aromatic heterocycles. The number of nitrogens with one attached hydrogen (secondary N) is 2. The fourth-order valence-electron chi connectivity index (χ4n) is 2.30. The first-order valence-electron chi connectivity index (χ1n) is 8.06. The molecule has 27 heavy (non-hydrogen) atoms. The van der Waals surface area contributed by atoms with Crippen molar-refractivity contribution >= 4 is 46.2 Å². The van der Waals surface area contributed by atoms with Gasteiger partial charge in [-0.3, -0.25) is 14.4 Å². The molecule has 5 nitrogen and oxygen atoms in total. The Hall–Kier alpha value is -2.96. The van der Waals surface area contributed by atoms with Gasteiger partial charge in [-0.05, 0) is 36.4 Å². The zero-order chi connectivity index (χ0) is 19.2. The van der Waals surface area contributed by atoms with E-state index >= 15 is 0 Å². The molecule has 0 atom stereocenters. The van der Waals surface area contributed by atoms with Crippen LogP contribution in [0.3, 0.4) is 0 Å². The van der Waals surface area contributed by atoms with Gasteiger partial charge in [0.05, 0.1) is 11.4 Å². The lowest BCUT2D eigenvalue weighted by Crippen LogP contribution is -2.34. The van der Waals surface area contributed by atoms with Gasteiger partial charge >= 0.3 is 11.8 Å². The standard InChI is InChI=1S/C20H15ClN2O3S/c21-14-6-8-15(9-7-14)23-20(26)19(25)22-12-16-10-11-17(27-16)18(24)13-4-2-1-3-5-13/h1-11H,12H2,(H,22,25)(H,23,26). The Balaban J connectivity index is 1.55. The van der Waals surface area contributed by atoms with Gasteiger partial charge in [0.1, 0.15) is 0 Å². The Morgan fingerprint density at radius 3 is 2.26 bits per heavy atom. The van der Waals surface area contributed by atoms with Gasteiger partial charge in [0.2, 0.25) is 5.78 Å². The maximum Gasteiger partial charge on any atom is 0.313 e. The number of carbonyl (C=O) groups is 3. The van der Waals surface area contributed by atoms with Crippen molar-refractivity contribution in [3.05, 3.63) is 87.1 Å². The van der Waals surface area contributed by atoms with E-state index in [1.54, 1.807) is 60.7 Å². The average molecular weight is 399 g/mol. The predicted octanol–water partition coefficient (Wildman–Crippen LogP) is 3.89. The quantitative estimate of drug-likeness (QED) is 0.505. The number of benzene rings is 2. The highest BCUT2D eigenvalue weighted by molar-refractivity contribution is 7.14. The molecule has 0 saturated heterocycles. The van der Waals surface area contributed by atoms with Gasteiger partial charge in [-0.2, -0.15) is 0 Å². The van der Waals surface area contributed by atoms with Crippen LogP contribution in [-0.4, -0.2) is 17.6 Å². The molecule has 1 heterocycles. The second kappa shape index (κ2) is 8.62. The normalized spacial score (nSPS) is 10.3. The van der Waals surface area contributed by atoms with E-state index in [2.05, 4.69) is 10.6 Å². The summed E-state index contributed by atoms with van der Waals surface area (Å²) in [5, 5.41) is 5.57. The summed E-state index contributed by atoms with van der Waals surface area (Å²) >= 11 is 7.06. The lowest BCUT2D eigenvalue weighted by molar-refractivity contribution is -0.136. The van der Waals surface area contributed by atoms with Crippen molar-refractivity contribution in [2.45, 2.75) is 6.54 Å². The van der Waals surface area contributed by atoms with E-state index in [1.165, 1.54) is 11.3 Å². The van der Waals surface area contributed by atoms with Gasteiger partial charge in [-0.15, -0.1) is 11.3 Å². The summed E-state index contributed by atoms with van der Waals surface area (Å²) in [7, 11) is 0. The molecule has 136 valence electrons. The summed E-state index contributed by atoms with van der Waals surface area (Å²) in [5.74, 6) is -1.59. The molecule has 2 aromatic carbocycles. The number of rotatable bonds is 5. The first-order valence-corrected chi connectivity index (χ1v) is 9.25. The fraction of sp³-hybridized carbons (Fsp3) is 0.0500. The van der Waals surface area contributed by atoms with Crippen LogP contribution < -0.4 is 10.6 Å². The number of thiophene rings is 1. The van der Waals surface area contributed by atoms with Crippen LogP contribution in [0.1, 0.15) is 20.1 Å². The SMILES string of the molecule is O=C(NCc1ccc(C(=O)c2ccccc2)s1)C(=O)Nc1ccc(Cl)cc1. The number of hydrogen-bond acceptors (Lipinski definition) is 4. The third-order valence-corrected chi connectivity index (χ3v) is 4.99. The Labute approximate surface area is 165 Å². The van der Waals surface area contributed by atoms with E-state index in [4.69, 9.17) is 11.6 Å². The Morgan fingerprint density at radius 1 is 0.852 bits per heavy atom. The summed E-state index contributed by atoms with van der Waals surface area (Å²) in [4.78, 5) is 37.6. The van der Waals surface area contributed by atoms with Crippen LogP contribution in [-0.2, 0) is 16.1 Å². The van der Waals surface area contributed by atoms with E-state index in [-0.39, 0.29) is 12.3 Å². The minimum Gasteiger partial charge on any atom is -0.343 e. The Kier molecular flexibility index (Phi) is 6.01. The first kappa shape index (κ1) is 18.8. The van der Waals surface area contributed by atoms with Gasteiger partial charge in [0.15, 0.2) is 0 Å². The highest BCUT2D eigenvalue weighted by Crippen LogP contribution is 2.20. The van der Waals surface area contributed by atoms with E-state index in [0.717, 1.165) is 4.88 Å². The molecule has 3 rings (SSSR count). The molecule has 2 amide bonds. The van der Waals surface area contributed by atoms with Crippen LogP contribution in [0.15, 0.2) is 66.7 Å². The minimum atomic E-state index is -0.769. The lowest BCUT2D eigenvalue weighted by Gasteiger charge is -2.05. The van der Waals surface area contributed by atoms with Crippen molar-refractivity contribution in [2.75, 3.05) is 5.32 Å². The first-order chi connectivity index (χ1) is 13.0. The van der Waals surface area contributed by atoms with Crippen LogP contribution in [0.5, 0.6) is 0 Å². The summed E-state index contributed by atoms with van der Waals surface area (Å²) in [6.07, 6.45) is 0. The minimum absolute atomic E-state index is 0.0707. The van der Waals surface area contributed by atoms with Gasteiger partial charge in [-0.1, -0.05) is 41.9 Å². The number of halogens is 1. The third-order valence-electron chi connectivity index (χ3n) is 3.65. The molecule has 3 aromatic rings. The zero-order valence-corrected chi connectivity index (χ0v) is 15.6. The number of ketones is 1. The van der Waals surface area contributed by atoms with Crippen LogP contribution in [0.2, 0.25) is 5.02 Å². The molecule has 7 heteroatoms. The zero-order valence-electron chi connectivity index (χ0n) is 14.1. The lowest BCUT2D eigenvalue weighted by atomic mass is 10.1. The van der Waals surface area contributed by atoms with Crippen molar-refractivity contribution in [1.29, 1.82) is 0 Å². The van der Waals surface area contributed by atoms with Crippen molar-refractivity contribution in [1.82, 2.24) is 5.32 Å². The molecule has 0 fully saturated rings. The van der Waals surface area contributed by atoms with Gasteiger partial charge in [0.25, 0.3) is 0 Å². The molecule has 2 N–H and O–H groups in total. The van der Waals surface area contributed by atoms with Gasteiger partial charge < -0.3 is 10.6 Å². The number of anilines is 1. The number of carbonyl (C=O) groups excluding carboxylic acids is 3. The molecule has 0 saturated carbocycles. The van der Waals surface area contributed by atoms with Crippen molar-refractivity contribution in [3.63, 3.8) is 0 Å². The molecular formula is C20H15ClN2O3S. The van der Waals surface area contributed by atoms with Crippen molar-refractivity contribution in [3.8, 4) is 0 Å². The second-order valence-corrected chi connectivity index (χ2v) is 7.21. The topological polar surface area (TPSA) is 75.3 Å². The third kappa shape index (κ3) is 5.03. The molecule has 0 unspecified atom stereocenters. The Bertz CT molecular complexity index is 968.